The molecule has 22 heavy (non-hydrogen) atoms. The van der Waals surface area contributed by atoms with Crippen LogP contribution in [0.3, 0.4) is 0 Å². The summed E-state index contributed by atoms with van der Waals surface area (Å²) in [5.74, 6) is 1.58. The molecule has 112 valence electrons. The summed E-state index contributed by atoms with van der Waals surface area (Å²) in [5, 5.41) is 3.24. The second-order valence-electron chi connectivity index (χ2n) is 5.24. The first kappa shape index (κ1) is 14.7. The Labute approximate surface area is 134 Å². The lowest BCUT2D eigenvalue weighted by atomic mass is 10.2. The molecular weight excluding hydrogens is 292 g/mol. The van der Waals surface area contributed by atoms with Gasteiger partial charge in [-0.25, -0.2) is 9.97 Å². The van der Waals surface area contributed by atoms with Gasteiger partial charge in [0.2, 0.25) is 0 Å². The number of nitrogens with two attached hydrogens (primary N) is 1. The quantitative estimate of drug-likeness (QED) is 0.755. The van der Waals surface area contributed by atoms with E-state index in [4.69, 9.17) is 5.73 Å². The number of rotatable bonds is 4. The van der Waals surface area contributed by atoms with Crippen molar-refractivity contribution in [3.63, 3.8) is 0 Å². The monoisotopic (exact) mass is 310 g/mol. The fourth-order valence-corrected chi connectivity index (χ4v) is 3.04. The molecule has 5 heteroatoms. The van der Waals surface area contributed by atoms with Gasteiger partial charge in [-0.1, -0.05) is 6.07 Å². The van der Waals surface area contributed by atoms with Gasteiger partial charge >= 0.3 is 0 Å². The molecule has 0 aliphatic rings. The number of pyridine rings is 2. The third kappa shape index (κ3) is 3.32. The van der Waals surface area contributed by atoms with Crippen molar-refractivity contribution in [1.29, 1.82) is 0 Å². The minimum absolute atomic E-state index is 0.0524. The summed E-state index contributed by atoms with van der Waals surface area (Å²) >= 11 is 1.68. The Balaban J connectivity index is 1.85. The van der Waals surface area contributed by atoms with Gasteiger partial charge in [0.1, 0.15) is 11.6 Å². The summed E-state index contributed by atoms with van der Waals surface area (Å²) in [6.07, 6.45) is 1.79. The number of thiophene rings is 1. The Kier molecular flexibility index (Phi) is 4.18. The summed E-state index contributed by atoms with van der Waals surface area (Å²) in [7, 11) is 0. The summed E-state index contributed by atoms with van der Waals surface area (Å²) in [5.41, 5.74) is 8.02. The molecule has 3 aromatic rings. The van der Waals surface area contributed by atoms with Crippen LogP contribution in [0.15, 0.2) is 48.7 Å². The normalized spacial score (nSPS) is 12.1. The molecule has 3 N–H and O–H groups in total. The van der Waals surface area contributed by atoms with Gasteiger partial charge in [-0.2, -0.15) is 0 Å². The van der Waals surface area contributed by atoms with Crippen LogP contribution in [0.5, 0.6) is 0 Å². The first-order valence-electron chi connectivity index (χ1n) is 7.14. The molecule has 1 atom stereocenters. The van der Waals surface area contributed by atoms with Crippen molar-refractivity contribution in [2.75, 3.05) is 5.32 Å². The Morgan fingerprint density at radius 2 is 2.00 bits per heavy atom. The zero-order chi connectivity index (χ0) is 15.5. The van der Waals surface area contributed by atoms with Gasteiger partial charge in [-0.3, -0.25) is 0 Å². The van der Waals surface area contributed by atoms with Crippen molar-refractivity contribution in [2.45, 2.75) is 19.9 Å². The van der Waals surface area contributed by atoms with Crippen LogP contribution in [0.1, 0.15) is 23.4 Å². The zero-order valence-corrected chi connectivity index (χ0v) is 13.4. The molecule has 0 aromatic carbocycles. The minimum atomic E-state index is 0.0524. The molecule has 0 radical (unpaired) electrons. The van der Waals surface area contributed by atoms with Crippen LogP contribution in [0.4, 0.5) is 11.6 Å². The maximum absolute atomic E-state index is 5.92. The number of hydrogen-bond donors (Lipinski definition) is 2. The van der Waals surface area contributed by atoms with E-state index in [-0.39, 0.29) is 6.04 Å². The van der Waals surface area contributed by atoms with Crippen molar-refractivity contribution >= 4 is 23.0 Å². The Hall–Kier alpha value is -2.24. The summed E-state index contributed by atoms with van der Waals surface area (Å²) < 4.78 is 0. The molecule has 0 spiro atoms. The molecule has 3 rings (SSSR count). The maximum Gasteiger partial charge on any atom is 0.132 e. The smallest absolute Gasteiger partial charge is 0.132 e. The van der Waals surface area contributed by atoms with E-state index in [2.05, 4.69) is 27.4 Å². The van der Waals surface area contributed by atoms with E-state index in [0.717, 1.165) is 32.6 Å². The molecule has 3 heterocycles. The Morgan fingerprint density at radius 1 is 1.14 bits per heavy atom. The predicted molar refractivity (Wildman–Crippen MR) is 92.4 cm³/mol. The lowest BCUT2D eigenvalue weighted by Gasteiger charge is -2.06. The SMILES string of the molecule is Cc1ccnc(Nc2cccc(-c3ccc(C(C)N)s3)n2)c1. The van der Waals surface area contributed by atoms with Crippen molar-refractivity contribution in [3.05, 3.63) is 59.1 Å². The average molecular weight is 310 g/mol. The predicted octanol–water partition coefficient (Wildman–Crippen LogP) is 4.28. The first-order valence-corrected chi connectivity index (χ1v) is 7.96. The van der Waals surface area contributed by atoms with Crippen LogP contribution < -0.4 is 11.1 Å². The average Bonchev–Trinajstić information content (AvgIpc) is 2.97. The number of anilines is 2. The van der Waals surface area contributed by atoms with E-state index >= 15 is 0 Å². The summed E-state index contributed by atoms with van der Waals surface area (Å²) in [6, 6.07) is 14.1. The van der Waals surface area contributed by atoms with E-state index < -0.39 is 0 Å². The number of nitrogens with zero attached hydrogens (tertiary/aromatic N) is 2. The molecule has 0 aliphatic heterocycles. The van der Waals surface area contributed by atoms with E-state index in [1.807, 2.05) is 44.2 Å². The van der Waals surface area contributed by atoms with E-state index in [1.165, 1.54) is 0 Å². The van der Waals surface area contributed by atoms with Gasteiger partial charge in [0, 0.05) is 17.1 Å². The zero-order valence-electron chi connectivity index (χ0n) is 12.6. The van der Waals surface area contributed by atoms with Gasteiger partial charge in [-0.05, 0) is 55.8 Å². The van der Waals surface area contributed by atoms with E-state index in [1.54, 1.807) is 17.5 Å². The molecule has 0 saturated heterocycles. The van der Waals surface area contributed by atoms with Crippen LogP contribution in [0.25, 0.3) is 10.6 Å². The third-order valence-electron chi connectivity index (χ3n) is 3.25. The number of nitrogens with one attached hydrogen (secondary N) is 1. The maximum atomic E-state index is 5.92. The lowest BCUT2D eigenvalue weighted by Crippen LogP contribution is -2.01. The molecule has 0 saturated carbocycles. The topological polar surface area (TPSA) is 63.8 Å². The molecule has 3 aromatic heterocycles. The second-order valence-corrected chi connectivity index (χ2v) is 6.36. The summed E-state index contributed by atoms with van der Waals surface area (Å²) in [4.78, 5) is 11.2. The Bertz CT molecular complexity index is 780. The molecule has 0 fully saturated rings. The fraction of sp³-hybridized carbons (Fsp3) is 0.176. The van der Waals surface area contributed by atoms with Crippen LogP contribution in [-0.2, 0) is 0 Å². The van der Waals surface area contributed by atoms with Crippen LogP contribution in [0.2, 0.25) is 0 Å². The van der Waals surface area contributed by atoms with E-state index in [9.17, 15) is 0 Å². The first-order chi connectivity index (χ1) is 10.6. The molecule has 0 bridgehead atoms. The minimum Gasteiger partial charge on any atom is -0.325 e. The Morgan fingerprint density at radius 3 is 2.73 bits per heavy atom. The van der Waals surface area contributed by atoms with Gasteiger partial charge < -0.3 is 11.1 Å². The van der Waals surface area contributed by atoms with Gasteiger partial charge in [0.25, 0.3) is 0 Å². The molecule has 1 unspecified atom stereocenters. The van der Waals surface area contributed by atoms with Gasteiger partial charge in [0.05, 0.1) is 10.6 Å². The van der Waals surface area contributed by atoms with Gasteiger partial charge in [-0.15, -0.1) is 11.3 Å². The fourth-order valence-electron chi connectivity index (χ4n) is 2.11. The molecule has 0 aliphatic carbocycles. The molecule has 0 amide bonds. The highest BCUT2D eigenvalue weighted by molar-refractivity contribution is 7.15. The standard InChI is InChI=1S/C17H18N4S/c1-11-8-9-19-17(10-11)21-16-5-3-4-13(20-16)15-7-6-14(22-15)12(2)18/h3-10,12H,18H2,1-2H3,(H,19,20,21). The second kappa shape index (κ2) is 6.25. The van der Waals surface area contributed by atoms with Crippen LogP contribution in [0, 0.1) is 6.92 Å². The van der Waals surface area contributed by atoms with Crippen LogP contribution in [-0.4, -0.2) is 9.97 Å². The number of hydrogen-bond acceptors (Lipinski definition) is 5. The molecule has 4 nitrogen and oxygen atoms in total. The highest BCUT2D eigenvalue weighted by Gasteiger charge is 2.08. The van der Waals surface area contributed by atoms with Crippen molar-refractivity contribution in [2.24, 2.45) is 5.73 Å². The van der Waals surface area contributed by atoms with Crippen molar-refractivity contribution in [3.8, 4) is 10.6 Å². The van der Waals surface area contributed by atoms with Crippen molar-refractivity contribution in [1.82, 2.24) is 9.97 Å². The lowest BCUT2D eigenvalue weighted by molar-refractivity contribution is 0.838. The highest BCUT2D eigenvalue weighted by atomic mass is 32.1. The van der Waals surface area contributed by atoms with E-state index in [0.29, 0.717) is 0 Å². The highest BCUT2D eigenvalue weighted by Crippen LogP contribution is 2.30. The third-order valence-corrected chi connectivity index (χ3v) is 4.56. The van der Waals surface area contributed by atoms with Crippen LogP contribution >= 0.6 is 11.3 Å². The molecular formula is C17H18N4S. The van der Waals surface area contributed by atoms with Gasteiger partial charge in [0.15, 0.2) is 0 Å². The van der Waals surface area contributed by atoms with Crippen molar-refractivity contribution < 1.29 is 0 Å². The summed E-state index contributed by atoms with van der Waals surface area (Å²) in [6.45, 7) is 4.03. The number of aromatic nitrogens is 2. The largest absolute Gasteiger partial charge is 0.325 e. The number of aryl methyl sites for hydroxylation is 1.